The molecule has 0 aliphatic carbocycles. The number of imide groups is 2. The first-order chi connectivity index (χ1) is 12.5. The summed E-state index contributed by atoms with van der Waals surface area (Å²) in [6, 6.07) is 7.43. The molecule has 0 bridgehead atoms. The molecule has 2 heterocycles. The fourth-order valence-electron chi connectivity index (χ4n) is 2.49. The summed E-state index contributed by atoms with van der Waals surface area (Å²) in [7, 11) is 2.98. The molecule has 3 rings (SSSR count). The van der Waals surface area contributed by atoms with Gasteiger partial charge in [0, 0.05) is 11.6 Å². The van der Waals surface area contributed by atoms with Crippen LogP contribution in [-0.2, 0) is 16.1 Å². The molecule has 26 heavy (non-hydrogen) atoms. The second kappa shape index (κ2) is 7.14. The third-order valence-corrected chi connectivity index (χ3v) is 3.82. The van der Waals surface area contributed by atoms with Crippen molar-refractivity contribution in [2.24, 2.45) is 0 Å². The van der Waals surface area contributed by atoms with E-state index >= 15 is 0 Å². The largest absolute Gasteiger partial charge is 0.497 e. The highest BCUT2D eigenvalue weighted by molar-refractivity contribution is 6.31. The highest BCUT2D eigenvalue weighted by atomic mass is 16.5. The third-order valence-electron chi connectivity index (χ3n) is 3.82. The molecular weight excluding hydrogens is 340 g/mol. The van der Waals surface area contributed by atoms with Crippen LogP contribution in [0.2, 0.25) is 0 Å². The van der Waals surface area contributed by atoms with Crippen molar-refractivity contribution < 1.29 is 28.3 Å². The highest BCUT2D eigenvalue weighted by Gasteiger charge is 2.36. The van der Waals surface area contributed by atoms with Crippen LogP contribution in [0.3, 0.4) is 0 Å². The molecule has 4 amide bonds. The Labute approximate surface area is 149 Å². The maximum absolute atomic E-state index is 12.7. The van der Waals surface area contributed by atoms with E-state index in [1.54, 1.807) is 30.3 Å². The van der Waals surface area contributed by atoms with Crippen molar-refractivity contribution in [1.82, 2.24) is 10.2 Å². The predicted molar refractivity (Wildman–Crippen MR) is 90.3 cm³/mol. The van der Waals surface area contributed by atoms with Crippen LogP contribution in [0.15, 0.2) is 46.6 Å². The van der Waals surface area contributed by atoms with Crippen LogP contribution in [-0.4, -0.2) is 37.0 Å². The molecule has 1 N–H and O–H groups in total. The topological polar surface area (TPSA) is 98.1 Å². The number of hydrogen-bond donors (Lipinski definition) is 1. The maximum Gasteiger partial charge on any atom is 0.331 e. The average Bonchev–Trinajstić information content (AvgIpc) is 3.15. The Morgan fingerprint density at radius 1 is 1.15 bits per heavy atom. The normalized spacial score (nSPS) is 16.0. The lowest BCUT2D eigenvalue weighted by atomic mass is 10.1. The van der Waals surface area contributed by atoms with E-state index in [-0.39, 0.29) is 12.1 Å². The van der Waals surface area contributed by atoms with E-state index in [1.165, 1.54) is 26.6 Å². The molecule has 134 valence electrons. The smallest absolute Gasteiger partial charge is 0.331 e. The monoisotopic (exact) mass is 356 g/mol. The number of nitrogens with one attached hydrogen (secondary N) is 1. The summed E-state index contributed by atoms with van der Waals surface area (Å²) in [6.45, 7) is -0.0813. The molecule has 0 radical (unpaired) electrons. The number of carbonyl (C=O) groups excluding carboxylic acids is 3. The van der Waals surface area contributed by atoms with Gasteiger partial charge in [0.05, 0.1) is 27.0 Å². The SMILES string of the molecule is COc1ccc(C=C2C(=O)NC(=O)N(Cc3ccco3)C2=O)c(OC)c1. The van der Waals surface area contributed by atoms with Gasteiger partial charge in [-0.05, 0) is 30.3 Å². The molecule has 1 aromatic heterocycles. The number of ether oxygens (including phenoxy) is 2. The Kier molecular flexibility index (Phi) is 4.74. The van der Waals surface area contributed by atoms with Gasteiger partial charge in [-0.25, -0.2) is 4.79 Å². The van der Waals surface area contributed by atoms with Gasteiger partial charge in [-0.1, -0.05) is 0 Å². The van der Waals surface area contributed by atoms with Gasteiger partial charge in [0.1, 0.15) is 22.8 Å². The Balaban J connectivity index is 1.95. The molecule has 1 saturated heterocycles. The molecule has 8 nitrogen and oxygen atoms in total. The number of nitrogens with zero attached hydrogens (tertiary/aromatic N) is 1. The Hall–Kier alpha value is -3.55. The van der Waals surface area contributed by atoms with E-state index in [0.717, 1.165) is 4.90 Å². The first kappa shape index (κ1) is 17.3. The summed E-state index contributed by atoms with van der Waals surface area (Å²) in [5.41, 5.74) is 0.318. The number of rotatable bonds is 5. The van der Waals surface area contributed by atoms with E-state index in [2.05, 4.69) is 5.32 Å². The summed E-state index contributed by atoms with van der Waals surface area (Å²) < 4.78 is 15.6. The van der Waals surface area contributed by atoms with E-state index in [9.17, 15) is 14.4 Å². The van der Waals surface area contributed by atoms with Gasteiger partial charge in [0.2, 0.25) is 0 Å². The van der Waals surface area contributed by atoms with Crippen molar-refractivity contribution in [3.8, 4) is 11.5 Å². The molecule has 0 atom stereocenters. The van der Waals surface area contributed by atoms with E-state index in [4.69, 9.17) is 13.9 Å². The fourth-order valence-corrected chi connectivity index (χ4v) is 2.49. The van der Waals surface area contributed by atoms with Gasteiger partial charge >= 0.3 is 6.03 Å². The number of methoxy groups -OCH3 is 2. The van der Waals surface area contributed by atoms with E-state index in [1.807, 2.05) is 0 Å². The summed E-state index contributed by atoms with van der Waals surface area (Å²) in [6.07, 6.45) is 2.81. The molecule has 1 fully saturated rings. The second-order valence-corrected chi connectivity index (χ2v) is 5.40. The lowest BCUT2D eigenvalue weighted by molar-refractivity contribution is -0.130. The Morgan fingerprint density at radius 3 is 2.62 bits per heavy atom. The Bertz CT molecular complexity index is 885. The van der Waals surface area contributed by atoms with Crippen LogP contribution in [0.4, 0.5) is 4.79 Å². The van der Waals surface area contributed by atoms with Crippen LogP contribution in [0.5, 0.6) is 11.5 Å². The summed E-state index contributed by atoms with van der Waals surface area (Å²) in [5.74, 6) is -0.0733. The van der Waals surface area contributed by atoms with Crippen molar-refractivity contribution in [2.45, 2.75) is 6.54 Å². The van der Waals surface area contributed by atoms with Gasteiger partial charge in [-0.15, -0.1) is 0 Å². The standard InChI is InChI=1S/C18H16N2O6/c1-24-12-6-5-11(15(9-12)25-2)8-14-16(21)19-18(23)20(17(14)22)10-13-4-3-7-26-13/h3-9H,10H2,1-2H3,(H,19,21,23). The lowest BCUT2D eigenvalue weighted by Gasteiger charge is -2.25. The molecule has 8 heteroatoms. The van der Waals surface area contributed by atoms with Crippen molar-refractivity contribution in [1.29, 1.82) is 0 Å². The maximum atomic E-state index is 12.7. The van der Waals surface area contributed by atoms with Gasteiger partial charge in [-0.2, -0.15) is 0 Å². The van der Waals surface area contributed by atoms with Crippen LogP contribution < -0.4 is 14.8 Å². The minimum Gasteiger partial charge on any atom is -0.497 e. The van der Waals surface area contributed by atoms with Crippen LogP contribution in [0.1, 0.15) is 11.3 Å². The number of urea groups is 1. The molecule has 1 aliphatic heterocycles. The van der Waals surface area contributed by atoms with Crippen molar-refractivity contribution >= 4 is 23.9 Å². The van der Waals surface area contributed by atoms with Gasteiger partial charge in [0.15, 0.2) is 0 Å². The number of carbonyl (C=O) groups is 3. The number of amides is 4. The molecule has 0 spiro atoms. The zero-order chi connectivity index (χ0) is 18.7. The number of barbiturate groups is 1. The molecule has 1 aliphatic rings. The number of benzene rings is 1. The van der Waals surface area contributed by atoms with Gasteiger partial charge in [0.25, 0.3) is 11.8 Å². The Morgan fingerprint density at radius 2 is 1.96 bits per heavy atom. The molecular formula is C18H16N2O6. The van der Waals surface area contributed by atoms with Crippen LogP contribution >= 0.6 is 0 Å². The van der Waals surface area contributed by atoms with Gasteiger partial charge in [-0.3, -0.25) is 19.8 Å². The minimum absolute atomic E-state index is 0.0813. The minimum atomic E-state index is -0.796. The zero-order valence-corrected chi connectivity index (χ0v) is 14.1. The summed E-state index contributed by atoms with van der Waals surface area (Å²) in [4.78, 5) is 37.7. The van der Waals surface area contributed by atoms with Crippen molar-refractivity contribution in [2.75, 3.05) is 14.2 Å². The van der Waals surface area contributed by atoms with Crippen LogP contribution in [0.25, 0.3) is 6.08 Å². The molecule has 2 aromatic rings. The van der Waals surface area contributed by atoms with E-state index < -0.39 is 17.8 Å². The van der Waals surface area contributed by atoms with Crippen molar-refractivity contribution in [3.05, 3.63) is 53.5 Å². The second-order valence-electron chi connectivity index (χ2n) is 5.40. The average molecular weight is 356 g/mol. The first-order valence-corrected chi connectivity index (χ1v) is 7.66. The quantitative estimate of drug-likeness (QED) is 0.650. The highest BCUT2D eigenvalue weighted by Crippen LogP contribution is 2.27. The predicted octanol–water partition coefficient (Wildman–Crippen LogP) is 1.96. The van der Waals surface area contributed by atoms with Crippen LogP contribution in [0, 0.1) is 0 Å². The lowest BCUT2D eigenvalue weighted by Crippen LogP contribution is -2.53. The fraction of sp³-hybridized carbons (Fsp3) is 0.167. The zero-order valence-electron chi connectivity index (χ0n) is 14.1. The van der Waals surface area contributed by atoms with Crippen molar-refractivity contribution in [3.63, 3.8) is 0 Å². The van der Waals surface area contributed by atoms with E-state index in [0.29, 0.717) is 22.8 Å². The molecule has 0 saturated carbocycles. The first-order valence-electron chi connectivity index (χ1n) is 7.66. The molecule has 0 unspecified atom stereocenters. The van der Waals surface area contributed by atoms with Gasteiger partial charge < -0.3 is 13.9 Å². The molecule has 1 aromatic carbocycles. The number of hydrogen-bond acceptors (Lipinski definition) is 6. The number of furan rings is 1. The summed E-state index contributed by atoms with van der Waals surface area (Å²) >= 11 is 0. The third kappa shape index (κ3) is 3.30. The summed E-state index contributed by atoms with van der Waals surface area (Å²) in [5, 5.41) is 2.15.